The average molecular weight is 396 g/mol. The fourth-order valence-corrected chi connectivity index (χ4v) is 3.11. The quantitative estimate of drug-likeness (QED) is 0.700. The van der Waals surface area contributed by atoms with Crippen LogP contribution in [0, 0.1) is 6.92 Å². The minimum absolute atomic E-state index is 0.0137. The van der Waals surface area contributed by atoms with E-state index < -0.39 is 0 Å². The summed E-state index contributed by atoms with van der Waals surface area (Å²) in [6.07, 6.45) is 0.0137. The normalized spacial score (nSPS) is 16.8. The van der Waals surface area contributed by atoms with Gasteiger partial charge in [0.05, 0.1) is 12.7 Å². The monoisotopic (exact) mass is 396 g/mol. The van der Waals surface area contributed by atoms with Crippen molar-refractivity contribution in [2.75, 3.05) is 38.6 Å². The molecule has 0 aromatic heterocycles. The van der Waals surface area contributed by atoms with Crippen LogP contribution in [0.5, 0.6) is 0 Å². The smallest absolute Gasteiger partial charge is 0.315 e. The van der Waals surface area contributed by atoms with Crippen LogP contribution in [0.2, 0.25) is 0 Å². The van der Waals surface area contributed by atoms with Gasteiger partial charge in [-0.25, -0.2) is 4.79 Å². The number of carbonyl (C=O) groups excluding carboxylic acids is 2. The Morgan fingerprint density at radius 2 is 1.93 bits per heavy atom. The summed E-state index contributed by atoms with van der Waals surface area (Å²) in [7, 11) is 2.04. The standard InChI is InChI=1S/C22H28N4O3/c1-16-6-8-18(9-7-16)21(27)25-19-5-3-4-17(12-19)13-23-22(28)24-14-20-15-26(2)10-11-29-20/h3-9,12,20H,10-11,13-15H2,1-2H3,(H,25,27)(H2,23,24,28). The van der Waals surface area contributed by atoms with E-state index in [-0.39, 0.29) is 18.0 Å². The molecular formula is C22H28N4O3. The van der Waals surface area contributed by atoms with Crippen LogP contribution in [0.4, 0.5) is 10.5 Å². The molecule has 0 aliphatic carbocycles. The second kappa shape index (κ2) is 10.0. The van der Waals surface area contributed by atoms with Gasteiger partial charge in [0, 0.05) is 37.4 Å². The van der Waals surface area contributed by atoms with Gasteiger partial charge in [-0.2, -0.15) is 0 Å². The summed E-state index contributed by atoms with van der Waals surface area (Å²) in [5.74, 6) is -0.162. The van der Waals surface area contributed by atoms with E-state index in [2.05, 4.69) is 20.9 Å². The first-order chi connectivity index (χ1) is 14.0. The van der Waals surface area contributed by atoms with E-state index in [1.54, 1.807) is 12.1 Å². The Kier molecular flexibility index (Phi) is 7.21. The van der Waals surface area contributed by atoms with Crippen LogP contribution in [0.1, 0.15) is 21.5 Å². The summed E-state index contributed by atoms with van der Waals surface area (Å²) in [4.78, 5) is 26.6. The van der Waals surface area contributed by atoms with Gasteiger partial charge in [-0.05, 0) is 43.8 Å². The van der Waals surface area contributed by atoms with Gasteiger partial charge < -0.3 is 25.6 Å². The zero-order chi connectivity index (χ0) is 20.6. The van der Waals surface area contributed by atoms with E-state index in [9.17, 15) is 9.59 Å². The predicted molar refractivity (Wildman–Crippen MR) is 113 cm³/mol. The van der Waals surface area contributed by atoms with Crippen LogP contribution in [0.15, 0.2) is 48.5 Å². The highest BCUT2D eigenvalue weighted by molar-refractivity contribution is 6.04. The summed E-state index contributed by atoms with van der Waals surface area (Å²) >= 11 is 0. The van der Waals surface area contributed by atoms with Crippen molar-refractivity contribution < 1.29 is 14.3 Å². The lowest BCUT2D eigenvalue weighted by Crippen LogP contribution is -2.47. The van der Waals surface area contributed by atoms with Crippen LogP contribution >= 0.6 is 0 Å². The van der Waals surface area contributed by atoms with Crippen LogP contribution < -0.4 is 16.0 Å². The van der Waals surface area contributed by atoms with Crippen LogP contribution in [0.3, 0.4) is 0 Å². The number of nitrogens with one attached hydrogen (secondary N) is 3. The molecule has 7 heteroatoms. The van der Waals surface area contributed by atoms with Gasteiger partial charge in [-0.1, -0.05) is 29.8 Å². The molecular weight excluding hydrogens is 368 g/mol. The third-order valence-electron chi connectivity index (χ3n) is 4.78. The van der Waals surface area contributed by atoms with Crippen molar-refractivity contribution in [3.05, 3.63) is 65.2 Å². The number of morpholine rings is 1. The van der Waals surface area contributed by atoms with E-state index in [0.717, 1.165) is 24.2 Å². The Labute approximate surface area is 171 Å². The number of hydrogen-bond donors (Lipinski definition) is 3. The molecule has 0 saturated carbocycles. The number of urea groups is 1. The number of carbonyl (C=O) groups is 2. The lowest BCUT2D eigenvalue weighted by molar-refractivity contribution is -0.0167. The number of likely N-dealkylation sites (N-methyl/N-ethyl adjacent to an activating group) is 1. The van der Waals surface area contributed by atoms with Crippen molar-refractivity contribution in [2.45, 2.75) is 19.6 Å². The molecule has 7 nitrogen and oxygen atoms in total. The van der Waals surface area contributed by atoms with Gasteiger partial charge in [0.1, 0.15) is 0 Å². The zero-order valence-electron chi connectivity index (χ0n) is 16.9. The first-order valence-electron chi connectivity index (χ1n) is 9.78. The van der Waals surface area contributed by atoms with E-state index in [0.29, 0.717) is 30.9 Å². The van der Waals surface area contributed by atoms with Crippen molar-refractivity contribution in [3.8, 4) is 0 Å². The summed E-state index contributed by atoms with van der Waals surface area (Å²) in [6.45, 7) is 5.23. The predicted octanol–water partition coefficient (Wildman–Crippen LogP) is 2.38. The summed E-state index contributed by atoms with van der Waals surface area (Å²) in [5.41, 5.74) is 3.30. The van der Waals surface area contributed by atoms with Crippen molar-refractivity contribution in [1.82, 2.24) is 15.5 Å². The fraction of sp³-hybridized carbons (Fsp3) is 0.364. The Balaban J connectivity index is 1.46. The van der Waals surface area contributed by atoms with Gasteiger partial charge in [-0.3, -0.25) is 4.79 Å². The number of rotatable bonds is 6. The first-order valence-corrected chi connectivity index (χ1v) is 9.78. The van der Waals surface area contributed by atoms with Crippen LogP contribution in [0.25, 0.3) is 0 Å². The molecule has 2 aromatic carbocycles. The molecule has 0 radical (unpaired) electrons. The third-order valence-corrected chi connectivity index (χ3v) is 4.78. The van der Waals surface area contributed by atoms with E-state index >= 15 is 0 Å². The molecule has 1 saturated heterocycles. The Hall–Kier alpha value is -2.90. The maximum atomic E-state index is 12.4. The highest BCUT2D eigenvalue weighted by Gasteiger charge is 2.18. The molecule has 1 fully saturated rings. The topological polar surface area (TPSA) is 82.7 Å². The highest BCUT2D eigenvalue weighted by Crippen LogP contribution is 2.13. The summed E-state index contributed by atoms with van der Waals surface area (Å²) in [5, 5.41) is 8.57. The van der Waals surface area contributed by atoms with Crippen molar-refractivity contribution in [1.29, 1.82) is 0 Å². The third kappa shape index (κ3) is 6.58. The molecule has 29 heavy (non-hydrogen) atoms. The van der Waals surface area contributed by atoms with Gasteiger partial charge in [0.15, 0.2) is 0 Å². The Bertz CT molecular complexity index is 838. The molecule has 3 rings (SSSR count). The molecule has 0 bridgehead atoms. The summed E-state index contributed by atoms with van der Waals surface area (Å²) in [6, 6.07) is 14.6. The molecule has 1 aliphatic heterocycles. The fourth-order valence-electron chi connectivity index (χ4n) is 3.11. The molecule has 1 heterocycles. The molecule has 3 N–H and O–H groups in total. The number of aryl methyl sites for hydroxylation is 1. The molecule has 2 aromatic rings. The number of benzene rings is 2. The van der Waals surface area contributed by atoms with Crippen molar-refractivity contribution in [2.24, 2.45) is 0 Å². The second-order valence-electron chi connectivity index (χ2n) is 7.34. The molecule has 0 spiro atoms. The summed E-state index contributed by atoms with van der Waals surface area (Å²) < 4.78 is 5.63. The second-order valence-corrected chi connectivity index (χ2v) is 7.34. The molecule has 154 valence electrons. The first kappa shape index (κ1) is 20.8. The molecule has 1 unspecified atom stereocenters. The van der Waals surface area contributed by atoms with Gasteiger partial charge >= 0.3 is 6.03 Å². The number of amides is 3. The number of anilines is 1. The Morgan fingerprint density at radius 3 is 2.69 bits per heavy atom. The Morgan fingerprint density at radius 1 is 1.14 bits per heavy atom. The minimum atomic E-state index is -0.240. The van der Waals surface area contributed by atoms with Crippen molar-refractivity contribution in [3.63, 3.8) is 0 Å². The zero-order valence-corrected chi connectivity index (χ0v) is 16.9. The van der Waals surface area contributed by atoms with Crippen molar-refractivity contribution >= 4 is 17.6 Å². The minimum Gasteiger partial charge on any atom is -0.374 e. The van der Waals surface area contributed by atoms with Gasteiger partial charge in [0.2, 0.25) is 0 Å². The number of ether oxygens (including phenoxy) is 1. The number of hydrogen-bond acceptors (Lipinski definition) is 4. The van der Waals surface area contributed by atoms with E-state index in [1.807, 2.05) is 50.4 Å². The number of nitrogens with zero attached hydrogens (tertiary/aromatic N) is 1. The van der Waals surface area contributed by atoms with Crippen LogP contribution in [-0.4, -0.2) is 56.2 Å². The van der Waals surface area contributed by atoms with E-state index in [4.69, 9.17) is 4.74 Å². The molecule has 3 amide bonds. The lowest BCUT2D eigenvalue weighted by Gasteiger charge is -2.30. The van der Waals surface area contributed by atoms with Crippen LogP contribution in [-0.2, 0) is 11.3 Å². The molecule has 1 aliphatic rings. The van der Waals surface area contributed by atoms with E-state index in [1.165, 1.54) is 0 Å². The average Bonchev–Trinajstić information content (AvgIpc) is 2.71. The van der Waals surface area contributed by atoms with Gasteiger partial charge in [-0.15, -0.1) is 0 Å². The van der Waals surface area contributed by atoms with Gasteiger partial charge in [0.25, 0.3) is 5.91 Å². The lowest BCUT2D eigenvalue weighted by atomic mass is 10.1. The maximum absolute atomic E-state index is 12.4. The molecule has 1 atom stereocenters. The highest BCUT2D eigenvalue weighted by atomic mass is 16.5. The SMILES string of the molecule is Cc1ccc(C(=O)Nc2cccc(CNC(=O)NCC3CN(C)CCO3)c2)cc1. The maximum Gasteiger partial charge on any atom is 0.315 e. The largest absolute Gasteiger partial charge is 0.374 e.